The lowest BCUT2D eigenvalue weighted by Crippen LogP contribution is -2.42. The summed E-state index contributed by atoms with van der Waals surface area (Å²) in [7, 11) is 0. The number of aliphatic carboxylic acids is 1. The minimum Gasteiger partial charge on any atom is -0.480 e. The number of aromatic nitrogens is 1. The van der Waals surface area contributed by atoms with Gasteiger partial charge in [0, 0.05) is 24.6 Å². The van der Waals surface area contributed by atoms with Crippen molar-refractivity contribution >= 4 is 12.1 Å². The number of carbonyl (C=O) groups is 2. The van der Waals surface area contributed by atoms with E-state index in [2.05, 4.69) is 15.0 Å². The molecule has 0 saturated carbocycles. The maximum Gasteiger partial charge on any atom is 0.407 e. The van der Waals surface area contributed by atoms with E-state index in [9.17, 15) is 23.5 Å². The Bertz CT molecular complexity index is 1130. The van der Waals surface area contributed by atoms with Crippen LogP contribution in [0.25, 0.3) is 11.1 Å². The quantitative estimate of drug-likeness (QED) is 0.529. The Morgan fingerprint density at radius 2 is 1.67 bits per heavy atom. The van der Waals surface area contributed by atoms with E-state index in [1.807, 2.05) is 48.5 Å². The maximum atomic E-state index is 12.4. The molecule has 0 bridgehead atoms. The highest BCUT2D eigenvalue weighted by Crippen LogP contribution is 2.44. The Morgan fingerprint density at radius 3 is 2.27 bits per heavy atom. The van der Waals surface area contributed by atoms with Crippen LogP contribution in [0.1, 0.15) is 22.6 Å². The van der Waals surface area contributed by atoms with E-state index >= 15 is 0 Å². The molecule has 3 aromatic rings. The number of pyridine rings is 1. The third-order valence-electron chi connectivity index (χ3n) is 5.38. The monoisotopic (exact) mass is 454 g/mol. The fourth-order valence-corrected chi connectivity index (χ4v) is 3.95. The molecule has 7 nitrogen and oxygen atoms in total. The summed E-state index contributed by atoms with van der Waals surface area (Å²) in [6.45, 7) is -3.02. The number of amides is 1. The normalized spacial score (nSPS) is 13.2. The van der Waals surface area contributed by atoms with Crippen molar-refractivity contribution in [3.05, 3.63) is 83.6 Å². The number of rotatable bonds is 8. The number of halogens is 2. The average Bonchev–Trinajstić information content (AvgIpc) is 3.11. The zero-order chi connectivity index (χ0) is 23.4. The van der Waals surface area contributed by atoms with Crippen LogP contribution < -0.4 is 10.1 Å². The molecule has 1 aromatic heterocycles. The van der Waals surface area contributed by atoms with Gasteiger partial charge >= 0.3 is 18.7 Å². The fraction of sp³-hybridized carbons (Fsp3) is 0.208. The molecule has 33 heavy (non-hydrogen) atoms. The van der Waals surface area contributed by atoms with Gasteiger partial charge in [0.2, 0.25) is 5.88 Å². The predicted octanol–water partition coefficient (Wildman–Crippen LogP) is 4.22. The Morgan fingerprint density at radius 1 is 1.03 bits per heavy atom. The van der Waals surface area contributed by atoms with Gasteiger partial charge in [0.25, 0.3) is 0 Å². The van der Waals surface area contributed by atoms with E-state index in [1.165, 1.54) is 18.3 Å². The van der Waals surface area contributed by atoms with Crippen LogP contribution in [0.3, 0.4) is 0 Å². The molecule has 170 valence electrons. The fourth-order valence-electron chi connectivity index (χ4n) is 3.95. The molecule has 4 rings (SSSR count). The van der Waals surface area contributed by atoms with Crippen molar-refractivity contribution in [2.24, 2.45) is 0 Å². The van der Waals surface area contributed by atoms with Crippen LogP contribution >= 0.6 is 0 Å². The second kappa shape index (κ2) is 9.64. The van der Waals surface area contributed by atoms with E-state index < -0.39 is 24.7 Å². The van der Waals surface area contributed by atoms with Crippen LogP contribution in [0.4, 0.5) is 13.6 Å². The van der Waals surface area contributed by atoms with Crippen molar-refractivity contribution in [1.29, 1.82) is 0 Å². The number of alkyl carbamates (subject to hydrolysis) is 1. The van der Waals surface area contributed by atoms with E-state index in [0.29, 0.717) is 5.56 Å². The molecule has 1 amide bonds. The SMILES string of the molecule is O=C(N[C@@H](Cc1ccnc(OC(F)F)c1)C(=O)O)OCC1c2ccccc2-c2ccccc21. The number of alkyl halides is 2. The number of nitrogens with one attached hydrogen (secondary N) is 1. The lowest BCUT2D eigenvalue weighted by Gasteiger charge is -2.17. The summed E-state index contributed by atoms with van der Waals surface area (Å²) in [5.74, 6) is -1.80. The number of carboxylic acids is 1. The molecule has 0 unspecified atom stereocenters. The van der Waals surface area contributed by atoms with Crippen LogP contribution in [0, 0.1) is 0 Å². The number of carboxylic acid groups (broad SMARTS) is 1. The molecule has 0 spiro atoms. The third kappa shape index (κ3) is 5.08. The average molecular weight is 454 g/mol. The van der Waals surface area contributed by atoms with Gasteiger partial charge in [-0.1, -0.05) is 48.5 Å². The molecule has 2 N–H and O–H groups in total. The van der Waals surface area contributed by atoms with Gasteiger partial charge < -0.3 is 19.9 Å². The first kappa shape index (κ1) is 22.2. The zero-order valence-electron chi connectivity index (χ0n) is 17.3. The van der Waals surface area contributed by atoms with E-state index in [4.69, 9.17) is 4.74 Å². The highest BCUT2D eigenvalue weighted by atomic mass is 19.3. The molecule has 1 heterocycles. The molecule has 0 radical (unpaired) electrons. The molecule has 0 aliphatic heterocycles. The summed E-state index contributed by atoms with van der Waals surface area (Å²) in [5.41, 5.74) is 4.57. The molecular formula is C24H20F2N2O5. The summed E-state index contributed by atoms with van der Waals surface area (Å²) in [4.78, 5) is 27.7. The van der Waals surface area contributed by atoms with Crippen molar-refractivity contribution in [1.82, 2.24) is 10.3 Å². The minimum atomic E-state index is -3.05. The molecule has 1 aliphatic carbocycles. The second-order valence-electron chi connectivity index (χ2n) is 7.45. The number of carbonyl (C=O) groups excluding carboxylic acids is 1. The van der Waals surface area contributed by atoms with Crippen molar-refractivity contribution < 1.29 is 33.0 Å². The van der Waals surface area contributed by atoms with E-state index in [1.54, 1.807) is 0 Å². The highest BCUT2D eigenvalue weighted by Gasteiger charge is 2.29. The number of hydrogen-bond donors (Lipinski definition) is 2. The highest BCUT2D eigenvalue weighted by molar-refractivity contribution is 5.81. The topological polar surface area (TPSA) is 97.8 Å². The molecule has 0 fully saturated rings. The molecule has 1 atom stereocenters. The van der Waals surface area contributed by atoms with Crippen LogP contribution in [0.2, 0.25) is 0 Å². The largest absolute Gasteiger partial charge is 0.480 e. The van der Waals surface area contributed by atoms with Crippen LogP contribution in [-0.4, -0.2) is 41.4 Å². The maximum absolute atomic E-state index is 12.4. The Hall–Kier alpha value is -4.01. The van der Waals surface area contributed by atoms with Crippen LogP contribution in [0.5, 0.6) is 5.88 Å². The standard InChI is InChI=1S/C24H20F2N2O5/c25-23(26)33-21-12-14(9-10-27-21)11-20(22(29)30)28-24(31)32-13-19-17-7-3-1-5-15(17)16-6-2-4-8-18(16)19/h1-10,12,19-20,23H,11,13H2,(H,28,31)(H,29,30)/t20-/m0/s1. The third-order valence-corrected chi connectivity index (χ3v) is 5.38. The first-order chi connectivity index (χ1) is 15.9. The molecule has 0 saturated heterocycles. The molecule has 1 aliphatic rings. The number of benzene rings is 2. The van der Waals surface area contributed by atoms with E-state index in [0.717, 1.165) is 22.3 Å². The number of fused-ring (bicyclic) bond motifs is 3. The summed E-state index contributed by atoms with van der Waals surface area (Å²) in [6, 6.07) is 17.0. The lowest BCUT2D eigenvalue weighted by molar-refractivity contribution is -0.139. The van der Waals surface area contributed by atoms with Crippen molar-refractivity contribution in [2.45, 2.75) is 25.0 Å². The second-order valence-corrected chi connectivity index (χ2v) is 7.45. The van der Waals surface area contributed by atoms with Crippen LogP contribution in [-0.2, 0) is 16.0 Å². The Kier molecular flexibility index (Phi) is 6.48. The van der Waals surface area contributed by atoms with Gasteiger partial charge in [0.05, 0.1) is 0 Å². The smallest absolute Gasteiger partial charge is 0.407 e. The first-order valence-electron chi connectivity index (χ1n) is 10.2. The number of hydrogen-bond acceptors (Lipinski definition) is 5. The number of nitrogens with zero attached hydrogens (tertiary/aromatic N) is 1. The van der Waals surface area contributed by atoms with Gasteiger partial charge in [-0.25, -0.2) is 14.6 Å². The van der Waals surface area contributed by atoms with Crippen molar-refractivity contribution in [3.8, 4) is 17.0 Å². The molecule has 2 aromatic carbocycles. The molecule has 9 heteroatoms. The summed E-state index contributed by atoms with van der Waals surface area (Å²) < 4.78 is 34.4. The number of ether oxygens (including phenoxy) is 2. The summed E-state index contributed by atoms with van der Waals surface area (Å²) >= 11 is 0. The first-order valence-corrected chi connectivity index (χ1v) is 10.2. The van der Waals surface area contributed by atoms with Gasteiger partial charge in [-0.3, -0.25) is 0 Å². The Balaban J connectivity index is 1.41. The summed E-state index contributed by atoms with van der Waals surface area (Å²) in [6.07, 6.45) is 0.170. The minimum absolute atomic E-state index is 0.0355. The van der Waals surface area contributed by atoms with Gasteiger partial charge in [0.1, 0.15) is 12.6 Å². The van der Waals surface area contributed by atoms with Gasteiger partial charge in [0.15, 0.2) is 0 Å². The summed E-state index contributed by atoms with van der Waals surface area (Å²) in [5, 5.41) is 11.8. The molecular weight excluding hydrogens is 434 g/mol. The van der Waals surface area contributed by atoms with Gasteiger partial charge in [-0.2, -0.15) is 8.78 Å². The Labute approximate surface area is 188 Å². The van der Waals surface area contributed by atoms with Gasteiger partial charge in [-0.15, -0.1) is 0 Å². The predicted molar refractivity (Wildman–Crippen MR) is 114 cm³/mol. The van der Waals surface area contributed by atoms with Crippen molar-refractivity contribution in [3.63, 3.8) is 0 Å². The van der Waals surface area contributed by atoms with E-state index in [-0.39, 0.29) is 24.8 Å². The van der Waals surface area contributed by atoms with Gasteiger partial charge in [-0.05, 0) is 33.9 Å². The van der Waals surface area contributed by atoms with Crippen LogP contribution in [0.15, 0.2) is 66.9 Å². The zero-order valence-corrected chi connectivity index (χ0v) is 17.3. The lowest BCUT2D eigenvalue weighted by atomic mass is 9.98. The van der Waals surface area contributed by atoms with Crippen molar-refractivity contribution in [2.75, 3.05) is 6.61 Å².